The van der Waals surface area contributed by atoms with Gasteiger partial charge in [-0.3, -0.25) is 37.8 Å². The number of nitrogens with zero attached hydrogens (tertiary/aromatic N) is 13. The van der Waals surface area contributed by atoms with Crippen molar-refractivity contribution in [1.29, 1.82) is 0 Å². The van der Waals surface area contributed by atoms with Gasteiger partial charge in [-0.15, -0.1) is 0 Å². The van der Waals surface area contributed by atoms with Crippen LogP contribution in [0.3, 0.4) is 0 Å². The number of Topliss-reactive ketones (excluding diaryl/α,β-unsaturated/α-hetero) is 3. The highest BCUT2D eigenvalue weighted by Crippen LogP contribution is 2.38. The van der Waals surface area contributed by atoms with Crippen LogP contribution in [0.15, 0.2) is 79.8 Å². The predicted molar refractivity (Wildman–Crippen MR) is 335 cm³/mol. The molecule has 0 spiro atoms. The molecule has 88 heavy (non-hydrogen) atoms. The molecule has 4 saturated carbocycles. The first-order chi connectivity index (χ1) is 42.6. The molecular formula is C67H82N14O7. The molecule has 5 fully saturated rings. The summed E-state index contributed by atoms with van der Waals surface area (Å²) in [5.74, 6) is 4.27. The van der Waals surface area contributed by atoms with Crippen LogP contribution in [0.25, 0.3) is 66.5 Å². The highest BCUT2D eigenvalue weighted by atomic mass is 16.5. The van der Waals surface area contributed by atoms with E-state index in [0.717, 1.165) is 123 Å². The van der Waals surface area contributed by atoms with Gasteiger partial charge in [-0.05, 0) is 116 Å². The van der Waals surface area contributed by atoms with Crippen molar-refractivity contribution in [2.75, 3.05) is 20.2 Å². The molecule has 0 radical (unpaired) electrons. The van der Waals surface area contributed by atoms with Gasteiger partial charge in [0.1, 0.15) is 41.4 Å². The summed E-state index contributed by atoms with van der Waals surface area (Å²) >= 11 is 0. The average Bonchev–Trinajstić information content (AvgIpc) is 2.67. The van der Waals surface area contributed by atoms with E-state index in [-0.39, 0.29) is 36.1 Å². The molecule has 6 atom stereocenters. The molecule has 1 aliphatic heterocycles. The van der Waals surface area contributed by atoms with E-state index < -0.39 is 0 Å². The van der Waals surface area contributed by atoms with Gasteiger partial charge in [0.25, 0.3) is 0 Å². The molecule has 4 aliphatic carbocycles. The Morgan fingerprint density at radius 3 is 1.28 bits per heavy atom. The zero-order valence-electron chi connectivity index (χ0n) is 52.0. The van der Waals surface area contributed by atoms with E-state index in [1.54, 1.807) is 21.2 Å². The average molecular weight is 1200 g/mol. The van der Waals surface area contributed by atoms with Crippen molar-refractivity contribution in [2.45, 2.75) is 161 Å². The molecule has 0 unspecified atom stereocenters. The zero-order valence-corrected chi connectivity index (χ0v) is 52.0. The van der Waals surface area contributed by atoms with E-state index in [1.807, 2.05) is 116 Å². The monoisotopic (exact) mass is 1190 g/mol. The number of aryl methyl sites for hydroxylation is 4. The highest BCUT2D eigenvalue weighted by molar-refractivity contribution is 5.89. The number of methoxy groups -OCH3 is 1. The van der Waals surface area contributed by atoms with Crippen LogP contribution in [-0.2, 0) is 35.5 Å². The smallest absolute Gasteiger partial charge is 0.225 e. The third-order valence-corrected chi connectivity index (χ3v) is 18.6. The first-order valence-electron chi connectivity index (χ1n) is 31.6. The molecule has 1 N–H and O–H groups in total. The molecule has 9 aromatic rings. The zero-order chi connectivity index (χ0) is 61.2. The van der Waals surface area contributed by atoms with Gasteiger partial charge in [0, 0.05) is 125 Å². The minimum atomic E-state index is -0.0786. The van der Waals surface area contributed by atoms with Crippen LogP contribution in [0.4, 0.5) is 0 Å². The summed E-state index contributed by atoms with van der Waals surface area (Å²) in [4.78, 5) is 49.6. The number of rotatable bonds is 15. The maximum absolute atomic E-state index is 11.7. The largest absolute Gasteiger partial charge is 0.496 e. The van der Waals surface area contributed by atoms with Crippen molar-refractivity contribution < 1.29 is 33.3 Å². The second-order valence-electron chi connectivity index (χ2n) is 25.1. The third-order valence-electron chi connectivity index (χ3n) is 18.6. The van der Waals surface area contributed by atoms with Crippen LogP contribution in [-0.4, -0.2) is 120 Å². The van der Waals surface area contributed by atoms with Crippen LogP contribution < -0.4 is 24.3 Å². The number of benzene rings is 1. The first kappa shape index (κ1) is 60.0. The Balaban J connectivity index is 0.000000129. The number of fused-ring (bicyclic) bond motifs is 3. The Bertz CT molecular complexity index is 3800. The van der Waals surface area contributed by atoms with Crippen molar-refractivity contribution in [3.8, 4) is 57.2 Å². The van der Waals surface area contributed by atoms with Crippen LogP contribution in [0, 0.1) is 24.7 Å². The molecule has 462 valence electrons. The lowest BCUT2D eigenvalue weighted by Gasteiger charge is -2.22. The quantitative estimate of drug-likeness (QED) is 0.101. The van der Waals surface area contributed by atoms with Crippen LogP contribution in [0.1, 0.15) is 141 Å². The van der Waals surface area contributed by atoms with E-state index in [2.05, 4.69) is 52.6 Å². The van der Waals surface area contributed by atoms with Gasteiger partial charge in [0.15, 0.2) is 0 Å². The Hall–Kier alpha value is -8.33. The van der Waals surface area contributed by atoms with Crippen molar-refractivity contribution >= 4 is 50.1 Å². The van der Waals surface area contributed by atoms with Gasteiger partial charge >= 0.3 is 0 Å². The molecule has 21 nitrogen and oxygen atoms in total. The van der Waals surface area contributed by atoms with E-state index in [0.29, 0.717) is 85.6 Å². The van der Waals surface area contributed by atoms with E-state index in [9.17, 15) is 14.4 Å². The normalized spacial score (nSPS) is 20.3. The summed E-state index contributed by atoms with van der Waals surface area (Å²) in [6.45, 7) is 10.2. The van der Waals surface area contributed by atoms with Gasteiger partial charge in [-0.2, -0.15) is 25.5 Å². The SMILES string of the molecule is COc1cc(-c2cc3nn(C)cc3c(O[C@H](C)[C@H]3CCC(=O)C3)n2)ccc1C.C[C@@H](Oc1nc(-c2cnn(C3CCCCC3)c2)cc2nn(C)cc12)[C@H]1CCC(=O)C1.C[C@@H](Oc1nc(-c2cnn(C3CCNCC3)c2)cc2nn(C)cc12)[C@H]1CCC(=O)C1. The number of hydrogen-bond acceptors (Lipinski definition) is 16. The Kier molecular flexibility index (Phi) is 17.8. The van der Waals surface area contributed by atoms with Crippen molar-refractivity contribution in [1.82, 2.24) is 69.2 Å². The summed E-state index contributed by atoms with van der Waals surface area (Å²) in [7, 11) is 7.36. The first-order valence-corrected chi connectivity index (χ1v) is 31.6. The number of piperidine rings is 1. The van der Waals surface area contributed by atoms with E-state index in [1.165, 1.54) is 32.1 Å². The number of aromatic nitrogens is 13. The lowest BCUT2D eigenvalue weighted by Crippen LogP contribution is -2.29. The van der Waals surface area contributed by atoms with E-state index >= 15 is 0 Å². The molecule has 5 aliphatic rings. The Labute approximate surface area is 512 Å². The molecule has 0 bridgehead atoms. The van der Waals surface area contributed by atoms with Crippen molar-refractivity contribution in [3.63, 3.8) is 0 Å². The molecule has 0 amide bonds. The summed E-state index contributed by atoms with van der Waals surface area (Å²) in [5, 5.41) is 29.0. The Morgan fingerprint density at radius 1 is 0.500 bits per heavy atom. The molecular weight excluding hydrogens is 1110 g/mol. The molecule has 8 aromatic heterocycles. The maximum Gasteiger partial charge on any atom is 0.225 e. The summed E-state index contributed by atoms with van der Waals surface area (Å²) in [6.07, 6.45) is 28.4. The van der Waals surface area contributed by atoms with Crippen LogP contribution >= 0.6 is 0 Å². The summed E-state index contributed by atoms with van der Waals surface area (Å²) < 4.78 is 33.9. The maximum atomic E-state index is 11.7. The third kappa shape index (κ3) is 13.5. The lowest BCUT2D eigenvalue weighted by molar-refractivity contribution is -0.118. The predicted octanol–water partition coefficient (Wildman–Crippen LogP) is 11.5. The molecule has 9 heterocycles. The number of hydrogen-bond donors (Lipinski definition) is 1. The number of ether oxygens (including phenoxy) is 4. The second-order valence-corrected chi connectivity index (χ2v) is 25.1. The number of carbonyl (C=O) groups is 3. The number of nitrogens with one attached hydrogen (secondary N) is 1. The molecule has 1 saturated heterocycles. The molecule has 21 heteroatoms. The summed E-state index contributed by atoms with van der Waals surface area (Å²) in [5.41, 5.74) is 8.94. The Morgan fingerprint density at radius 2 is 0.898 bits per heavy atom. The highest BCUT2D eigenvalue weighted by Gasteiger charge is 2.32. The number of carbonyl (C=O) groups excluding carboxylic acids is 3. The number of ketones is 3. The minimum absolute atomic E-state index is 0.0624. The van der Waals surface area contributed by atoms with Crippen molar-refractivity contribution in [3.05, 3.63) is 85.3 Å². The van der Waals surface area contributed by atoms with Crippen LogP contribution in [0.2, 0.25) is 0 Å². The number of pyridine rings is 3. The summed E-state index contributed by atoms with van der Waals surface area (Å²) in [6, 6.07) is 12.9. The van der Waals surface area contributed by atoms with Gasteiger partial charge in [0.2, 0.25) is 17.6 Å². The minimum Gasteiger partial charge on any atom is -0.496 e. The van der Waals surface area contributed by atoms with Gasteiger partial charge in [-0.1, -0.05) is 31.4 Å². The lowest BCUT2D eigenvalue weighted by atomic mass is 9.96. The fraction of sp³-hybridized carbons (Fsp3) is 0.507. The van der Waals surface area contributed by atoms with Gasteiger partial charge in [-0.25, -0.2) is 15.0 Å². The second kappa shape index (κ2) is 26.2. The van der Waals surface area contributed by atoms with Gasteiger partial charge < -0.3 is 24.3 Å². The van der Waals surface area contributed by atoms with Gasteiger partial charge in [0.05, 0.1) is 81.4 Å². The molecule has 14 rings (SSSR count). The van der Waals surface area contributed by atoms with Crippen molar-refractivity contribution in [2.24, 2.45) is 38.9 Å². The fourth-order valence-corrected chi connectivity index (χ4v) is 13.3. The van der Waals surface area contributed by atoms with Crippen LogP contribution in [0.5, 0.6) is 23.4 Å². The molecule has 1 aromatic carbocycles. The van der Waals surface area contributed by atoms with E-state index in [4.69, 9.17) is 33.9 Å². The topological polar surface area (TPSA) is 228 Å². The fourth-order valence-electron chi connectivity index (χ4n) is 13.3. The standard InChI is InChI=1S/C23H29N5O2.C22H28N6O2.C22H25N3O3/c1-15(16-8-9-19(29)10-16)30-23-20-14-27(2)26-22(20)11-21(25-23)17-12-24-28(13-17)18-6-4-3-5-7-18;1-14(15-3-4-18(29)9-15)30-22-19-13-27(2)26-21(19)10-20(25-22)16-11-24-28(12-16)17-5-7-23-8-6-17;1-13-5-6-16(10-21(13)27-4)19-11-20-18(12-25(3)24-20)22(23-19)28-14(2)15-7-8-17(26)9-15/h11-16,18H,3-10H2,1-2H3;10-15,17,23H,3-9H2,1-2H3;5-6,10-12,14-15H,7-9H2,1-4H3/t15-,16+;2*14-,15+/m111/s1.